The summed E-state index contributed by atoms with van der Waals surface area (Å²) in [5, 5.41) is 7.12. The van der Waals surface area contributed by atoms with Crippen LogP contribution in [0.5, 0.6) is 11.5 Å². The number of carboxylic acids is 1. The minimum absolute atomic E-state index is 0.0105. The Kier molecular flexibility index (Phi) is 7.98. The summed E-state index contributed by atoms with van der Waals surface area (Å²) in [7, 11) is 0. The Bertz CT molecular complexity index is 963. The van der Waals surface area contributed by atoms with Crippen LogP contribution in [0.4, 0.5) is 13.2 Å². The van der Waals surface area contributed by atoms with E-state index in [2.05, 4.69) is 4.98 Å². The number of nitrogens with zero attached hydrogens (tertiary/aromatic N) is 2. The summed E-state index contributed by atoms with van der Waals surface area (Å²) in [4.78, 5) is 27.2. The molecule has 2 aromatic rings. The van der Waals surface area contributed by atoms with Gasteiger partial charge in [0.1, 0.15) is 17.1 Å². The normalized spacial score (nSPS) is 18.5. The fraction of sp³-hybridized carbons (Fsp3) is 0.435. The highest BCUT2D eigenvalue weighted by molar-refractivity contribution is 5.79. The van der Waals surface area contributed by atoms with E-state index >= 15 is 0 Å². The van der Waals surface area contributed by atoms with Gasteiger partial charge in [-0.15, -0.1) is 0 Å². The van der Waals surface area contributed by atoms with E-state index in [-0.39, 0.29) is 24.0 Å². The van der Waals surface area contributed by atoms with E-state index in [4.69, 9.17) is 24.1 Å². The van der Waals surface area contributed by atoms with Crippen molar-refractivity contribution < 1.29 is 42.1 Å². The Morgan fingerprint density at radius 3 is 2.44 bits per heavy atom. The van der Waals surface area contributed by atoms with Gasteiger partial charge in [0.15, 0.2) is 6.61 Å². The van der Waals surface area contributed by atoms with Gasteiger partial charge in [-0.1, -0.05) is 17.7 Å². The molecule has 2 aliphatic heterocycles. The van der Waals surface area contributed by atoms with Gasteiger partial charge in [-0.2, -0.15) is 13.2 Å². The summed E-state index contributed by atoms with van der Waals surface area (Å²) in [5.41, 5.74) is 0.887. The molecular formula is C23H25F3N2O6. The molecule has 0 aliphatic carbocycles. The lowest BCUT2D eigenvalue weighted by molar-refractivity contribution is -0.192. The van der Waals surface area contributed by atoms with Gasteiger partial charge < -0.3 is 24.2 Å². The largest absolute Gasteiger partial charge is 0.492 e. The van der Waals surface area contributed by atoms with Crippen molar-refractivity contribution in [2.45, 2.75) is 25.1 Å². The number of carbonyl (C=O) groups excluding carboxylic acids is 1. The molecule has 0 saturated carbocycles. The summed E-state index contributed by atoms with van der Waals surface area (Å²) in [6, 6.07) is 11.5. The van der Waals surface area contributed by atoms with Crippen LogP contribution in [0.1, 0.15) is 12.0 Å². The first-order valence-corrected chi connectivity index (χ1v) is 10.5. The van der Waals surface area contributed by atoms with Crippen LogP contribution in [0.2, 0.25) is 0 Å². The number of carboxylic acid groups (broad SMARTS) is 1. The molecule has 1 amide bonds. The predicted molar refractivity (Wildman–Crippen MR) is 113 cm³/mol. The van der Waals surface area contributed by atoms with E-state index in [0.29, 0.717) is 32.1 Å². The van der Waals surface area contributed by atoms with Gasteiger partial charge in [0.25, 0.3) is 5.91 Å². The molecular weight excluding hydrogens is 457 g/mol. The summed E-state index contributed by atoms with van der Waals surface area (Å²) < 4.78 is 49.2. The lowest BCUT2D eigenvalue weighted by Gasteiger charge is -2.49. The first-order valence-electron chi connectivity index (χ1n) is 10.5. The van der Waals surface area contributed by atoms with Crippen molar-refractivity contribution in [3.63, 3.8) is 0 Å². The molecule has 11 heteroatoms. The number of hydrogen-bond acceptors (Lipinski definition) is 6. The maximum absolute atomic E-state index is 12.4. The molecule has 4 rings (SSSR count). The van der Waals surface area contributed by atoms with Crippen molar-refractivity contribution in [2.75, 3.05) is 32.9 Å². The quantitative estimate of drug-likeness (QED) is 0.676. The third-order valence-corrected chi connectivity index (χ3v) is 5.58. The standard InChI is InChI=1S/C21H24N2O4.C2HF3O2/c1-16-4-6-18(7-5-16)26-13-20(24)23-14-21(15-23)17(8-10-27-21)12-25-19-3-2-9-22-11-19;3-2(4,5)1(6)7/h2-7,9,11,17H,8,10,12-15H2,1H3;(H,6,7). The summed E-state index contributed by atoms with van der Waals surface area (Å²) in [6.45, 7) is 4.56. The number of aryl methyl sites for hydroxylation is 1. The van der Waals surface area contributed by atoms with E-state index < -0.39 is 12.1 Å². The van der Waals surface area contributed by atoms with Gasteiger partial charge in [0.2, 0.25) is 0 Å². The van der Waals surface area contributed by atoms with Crippen molar-refractivity contribution in [1.82, 2.24) is 9.88 Å². The van der Waals surface area contributed by atoms with Crippen LogP contribution in [-0.2, 0) is 14.3 Å². The van der Waals surface area contributed by atoms with Crippen LogP contribution < -0.4 is 9.47 Å². The number of rotatable bonds is 6. The molecule has 1 aromatic heterocycles. The molecule has 1 aromatic carbocycles. The molecule has 1 unspecified atom stereocenters. The lowest BCUT2D eigenvalue weighted by atomic mass is 9.81. The number of carbonyl (C=O) groups is 2. The van der Waals surface area contributed by atoms with Crippen LogP contribution >= 0.6 is 0 Å². The number of hydrogen-bond donors (Lipinski definition) is 1. The molecule has 1 spiro atoms. The molecule has 2 saturated heterocycles. The van der Waals surface area contributed by atoms with Crippen LogP contribution in [0.25, 0.3) is 0 Å². The number of aromatic nitrogens is 1. The van der Waals surface area contributed by atoms with Gasteiger partial charge in [0.05, 0.1) is 25.9 Å². The van der Waals surface area contributed by atoms with Crippen molar-refractivity contribution >= 4 is 11.9 Å². The number of halogens is 3. The molecule has 0 radical (unpaired) electrons. The average molecular weight is 482 g/mol. The van der Waals surface area contributed by atoms with Crippen LogP contribution in [0.15, 0.2) is 48.8 Å². The highest BCUT2D eigenvalue weighted by Crippen LogP contribution is 2.40. The maximum atomic E-state index is 12.4. The second-order valence-electron chi connectivity index (χ2n) is 8.05. The minimum Gasteiger partial charge on any atom is -0.492 e. The zero-order chi connectivity index (χ0) is 24.8. The number of amides is 1. The highest BCUT2D eigenvalue weighted by Gasteiger charge is 2.54. The number of likely N-dealkylation sites (tertiary alicyclic amines) is 1. The first-order chi connectivity index (χ1) is 16.1. The van der Waals surface area contributed by atoms with Crippen LogP contribution in [-0.4, -0.2) is 71.6 Å². The third-order valence-electron chi connectivity index (χ3n) is 5.58. The number of ether oxygens (including phenoxy) is 3. The Balaban J connectivity index is 0.000000406. The number of alkyl halides is 3. The second-order valence-corrected chi connectivity index (χ2v) is 8.05. The molecule has 2 aliphatic rings. The number of aliphatic carboxylic acids is 1. The van der Waals surface area contributed by atoms with Gasteiger partial charge >= 0.3 is 12.1 Å². The molecule has 3 heterocycles. The minimum atomic E-state index is -5.08. The predicted octanol–water partition coefficient (Wildman–Crippen LogP) is 3.10. The average Bonchev–Trinajstić information content (AvgIpc) is 3.21. The Morgan fingerprint density at radius 2 is 1.85 bits per heavy atom. The Hall–Kier alpha value is -3.34. The summed E-state index contributed by atoms with van der Waals surface area (Å²) in [5.74, 6) is -1.02. The van der Waals surface area contributed by atoms with Crippen molar-refractivity contribution in [3.8, 4) is 11.5 Å². The van der Waals surface area contributed by atoms with Gasteiger partial charge in [-0.05, 0) is 37.6 Å². The summed E-state index contributed by atoms with van der Waals surface area (Å²) in [6.07, 6.45) is -0.704. The topological polar surface area (TPSA) is 98.2 Å². The monoisotopic (exact) mass is 482 g/mol. The van der Waals surface area contributed by atoms with Crippen LogP contribution in [0, 0.1) is 12.8 Å². The molecule has 1 atom stereocenters. The second kappa shape index (κ2) is 10.7. The molecule has 0 bridgehead atoms. The van der Waals surface area contributed by atoms with E-state index in [1.807, 2.05) is 43.3 Å². The zero-order valence-electron chi connectivity index (χ0n) is 18.5. The van der Waals surface area contributed by atoms with E-state index in [0.717, 1.165) is 17.7 Å². The van der Waals surface area contributed by atoms with E-state index in [1.165, 1.54) is 0 Å². The van der Waals surface area contributed by atoms with Crippen molar-refractivity contribution in [1.29, 1.82) is 0 Å². The fourth-order valence-corrected chi connectivity index (χ4v) is 3.65. The fourth-order valence-electron chi connectivity index (χ4n) is 3.65. The Morgan fingerprint density at radius 1 is 1.18 bits per heavy atom. The SMILES string of the molecule is Cc1ccc(OCC(=O)N2CC3(C2)OCCC3COc2cccnc2)cc1.O=C(O)C(F)(F)F. The molecule has 1 N–H and O–H groups in total. The maximum Gasteiger partial charge on any atom is 0.490 e. The van der Waals surface area contributed by atoms with Gasteiger partial charge in [-0.25, -0.2) is 4.79 Å². The molecule has 2 fully saturated rings. The Labute approximate surface area is 194 Å². The van der Waals surface area contributed by atoms with E-state index in [1.54, 1.807) is 17.3 Å². The first kappa shape index (κ1) is 25.3. The van der Waals surface area contributed by atoms with Crippen LogP contribution in [0.3, 0.4) is 0 Å². The smallest absolute Gasteiger partial charge is 0.490 e. The molecule has 8 nitrogen and oxygen atoms in total. The van der Waals surface area contributed by atoms with Crippen molar-refractivity contribution in [3.05, 3.63) is 54.4 Å². The highest BCUT2D eigenvalue weighted by atomic mass is 19.4. The number of pyridine rings is 1. The van der Waals surface area contributed by atoms with Gasteiger partial charge in [-0.3, -0.25) is 9.78 Å². The number of benzene rings is 1. The van der Waals surface area contributed by atoms with E-state index in [9.17, 15) is 18.0 Å². The molecule has 34 heavy (non-hydrogen) atoms. The van der Waals surface area contributed by atoms with Crippen molar-refractivity contribution in [2.24, 2.45) is 5.92 Å². The third kappa shape index (κ3) is 6.60. The molecule has 184 valence electrons. The lowest BCUT2D eigenvalue weighted by Crippen LogP contribution is -2.67. The summed E-state index contributed by atoms with van der Waals surface area (Å²) >= 11 is 0. The van der Waals surface area contributed by atoms with Gasteiger partial charge in [0, 0.05) is 18.7 Å². The zero-order valence-corrected chi connectivity index (χ0v) is 18.5.